The van der Waals surface area contributed by atoms with Crippen molar-refractivity contribution in [3.8, 4) is 11.5 Å². The first kappa shape index (κ1) is 15.0. The van der Waals surface area contributed by atoms with Gasteiger partial charge in [-0.25, -0.2) is 0 Å². The lowest BCUT2D eigenvalue weighted by atomic mass is 10.1. The predicted molar refractivity (Wildman–Crippen MR) is 81.6 cm³/mol. The third-order valence-electron chi connectivity index (χ3n) is 3.27. The second kappa shape index (κ2) is 6.37. The lowest BCUT2D eigenvalue weighted by Crippen LogP contribution is -2.08. The average molecular weight is 286 g/mol. The number of benzene rings is 2. The zero-order chi connectivity index (χ0) is 15.4. The third-order valence-corrected chi connectivity index (χ3v) is 3.27. The van der Waals surface area contributed by atoms with Crippen molar-refractivity contribution in [1.82, 2.24) is 0 Å². The van der Waals surface area contributed by atoms with Crippen LogP contribution in [0, 0.1) is 17.0 Å². The van der Waals surface area contributed by atoms with Gasteiger partial charge in [0.1, 0.15) is 5.75 Å². The van der Waals surface area contributed by atoms with Gasteiger partial charge >= 0.3 is 5.69 Å². The highest BCUT2D eigenvalue weighted by Gasteiger charge is 2.16. The second-order valence-corrected chi connectivity index (χ2v) is 4.92. The Morgan fingerprint density at radius 2 is 2.05 bits per heavy atom. The molecule has 5 nitrogen and oxygen atoms in total. The zero-order valence-corrected chi connectivity index (χ0v) is 12.1. The van der Waals surface area contributed by atoms with Crippen molar-refractivity contribution in [2.75, 3.05) is 0 Å². The van der Waals surface area contributed by atoms with Gasteiger partial charge < -0.3 is 10.5 Å². The van der Waals surface area contributed by atoms with Crippen LogP contribution >= 0.6 is 0 Å². The molecular weight excluding hydrogens is 268 g/mol. The summed E-state index contributed by atoms with van der Waals surface area (Å²) >= 11 is 0. The number of rotatable bonds is 5. The maximum atomic E-state index is 11.1. The topological polar surface area (TPSA) is 78.4 Å². The molecule has 0 aliphatic carbocycles. The summed E-state index contributed by atoms with van der Waals surface area (Å²) in [5, 5.41) is 11.1. The maximum Gasteiger partial charge on any atom is 0.311 e. The Hall–Kier alpha value is -2.40. The Kier molecular flexibility index (Phi) is 4.55. The molecule has 0 aliphatic heterocycles. The minimum absolute atomic E-state index is 0.0502. The van der Waals surface area contributed by atoms with Crippen molar-refractivity contribution in [2.24, 2.45) is 5.73 Å². The summed E-state index contributed by atoms with van der Waals surface area (Å²) in [4.78, 5) is 10.6. The van der Waals surface area contributed by atoms with Gasteiger partial charge in [-0.3, -0.25) is 10.1 Å². The lowest BCUT2D eigenvalue weighted by Gasteiger charge is -2.12. The minimum Gasteiger partial charge on any atom is -0.450 e. The normalized spacial score (nSPS) is 12.0. The molecule has 0 fully saturated rings. The molecule has 0 saturated carbocycles. The predicted octanol–water partition coefficient (Wildman–Crippen LogP) is 4.11. The summed E-state index contributed by atoms with van der Waals surface area (Å²) in [7, 11) is 0. The fraction of sp³-hybridized carbons (Fsp3) is 0.250. The van der Waals surface area contributed by atoms with Gasteiger partial charge in [0.25, 0.3) is 0 Å². The SMILES string of the molecule is CCC(N)c1cccc(Oc2cc(C)ccc2[N+](=O)[O-])c1. The molecule has 110 valence electrons. The van der Waals surface area contributed by atoms with Gasteiger partial charge in [-0.15, -0.1) is 0 Å². The van der Waals surface area contributed by atoms with Gasteiger partial charge in [0, 0.05) is 12.1 Å². The Balaban J connectivity index is 2.34. The van der Waals surface area contributed by atoms with E-state index in [0.29, 0.717) is 5.75 Å². The fourth-order valence-electron chi connectivity index (χ4n) is 2.03. The van der Waals surface area contributed by atoms with E-state index in [4.69, 9.17) is 10.5 Å². The molecule has 2 rings (SSSR count). The van der Waals surface area contributed by atoms with Crippen LogP contribution in [0.1, 0.15) is 30.5 Å². The summed E-state index contributed by atoms with van der Waals surface area (Å²) in [6.07, 6.45) is 0.814. The second-order valence-electron chi connectivity index (χ2n) is 4.92. The first-order valence-electron chi connectivity index (χ1n) is 6.79. The van der Waals surface area contributed by atoms with Crippen molar-refractivity contribution in [2.45, 2.75) is 26.3 Å². The molecule has 21 heavy (non-hydrogen) atoms. The van der Waals surface area contributed by atoms with E-state index in [2.05, 4.69) is 0 Å². The Morgan fingerprint density at radius 3 is 2.71 bits per heavy atom. The third kappa shape index (κ3) is 3.58. The molecule has 0 spiro atoms. The summed E-state index contributed by atoms with van der Waals surface area (Å²) in [6, 6.07) is 12.1. The maximum absolute atomic E-state index is 11.1. The number of nitrogens with two attached hydrogens (primary N) is 1. The van der Waals surface area contributed by atoms with E-state index in [1.807, 2.05) is 32.0 Å². The Bertz CT molecular complexity index is 656. The van der Waals surface area contributed by atoms with Gasteiger partial charge in [-0.1, -0.05) is 25.1 Å². The Labute approximate surface area is 123 Å². The van der Waals surface area contributed by atoms with Crippen LogP contribution in [-0.2, 0) is 0 Å². The van der Waals surface area contributed by atoms with E-state index in [1.54, 1.807) is 18.2 Å². The van der Waals surface area contributed by atoms with Crippen LogP contribution in [0.4, 0.5) is 5.69 Å². The largest absolute Gasteiger partial charge is 0.450 e. The van der Waals surface area contributed by atoms with Crippen LogP contribution in [0.15, 0.2) is 42.5 Å². The van der Waals surface area contributed by atoms with Crippen LogP contribution in [0.2, 0.25) is 0 Å². The molecule has 0 radical (unpaired) electrons. The van der Waals surface area contributed by atoms with Crippen LogP contribution in [0.25, 0.3) is 0 Å². The molecule has 0 aliphatic rings. The summed E-state index contributed by atoms with van der Waals surface area (Å²) < 4.78 is 5.69. The van der Waals surface area contributed by atoms with Crippen LogP contribution < -0.4 is 10.5 Å². The van der Waals surface area contributed by atoms with Gasteiger partial charge in [0.05, 0.1) is 4.92 Å². The molecule has 0 saturated heterocycles. The molecule has 2 N–H and O–H groups in total. The molecule has 0 aromatic heterocycles. The Morgan fingerprint density at radius 1 is 1.29 bits per heavy atom. The highest BCUT2D eigenvalue weighted by Crippen LogP contribution is 2.33. The number of hydrogen-bond acceptors (Lipinski definition) is 4. The number of hydrogen-bond donors (Lipinski definition) is 1. The standard InChI is InChI=1S/C16H18N2O3/c1-3-14(17)12-5-4-6-13(10-12)21-16-9-11(2)7-8-15(16)18(19)20/h4-10,14H,3,17H2,1-2H3. The van der Waals surface area contributed by atoms with Crippen LogP contribution in [-0.4, -0.2) is 4.92 Å². The first-order valence-corrected chi connectivity index (χ1v) is 6.79. The van der Waals surface area contributed by atoms with Crippen molar-refractivity contribution >= 4 is 5.69 Å². The minimum atomic E-state index is -0.448. The smallest absolute Gasteiger partial charge is 0.311 e. The molecule has 2 aromatic carbocycles. The van der Waals surface area contributed by atoms with E-state index in [9.17, 15) is 10.1 Å². The van der Waals surface area contributed by atoms with Crippen molar-refractivity contribution in [3.05, 3.63) is 63.7 Å². The van der Waals surface area contributed by atoms with Crippen LogP contribution in [0.3, 0.4) is 0 Å². The highest BCUT2D eigenvalue weighted by atomic mass is 16.6. The summed E-state index contributed by atoms with van der Waals surface area (Å²) in [5.41, 5.74) is 7.79. The van der Waals surface area contributed by atoms with E-state index >= 15 is 0 Å². The van der Waals surface area contributed by atoms with Crippen molar-refractivity contribution < 1.29 is 9.66 Å². The van der Waals surface area contributed by atoms with E-state index in [0.717, 1.165) is 17.5 Å². The first-order chi connectivity index (χ1) is 10.0. The molecule has 0 amide bonds. The molecule has 0 bridgehead atoms. The number of aryl methyl sites for hydroxylation is 1. The number of nitro benzene ring substituents is 1. The number of nitro groups is 1. The molecule has 1 unspecified atom stereocenters. The monoisotopic (exact) mass is 286 g/mol. The molecule has 2 aromatic rings. The molecule has 1 atom stereocenters. The van der Waals surface area contributed by atoms with E-state index < -0.39 is 4.92 Å². The van der Waals surface area contributed by atoms with Gasteiger partial charge in [0.2, 0.25) is 5.75 Å². The van der Waals surface area contributed by atoms with Crippen molar-refractivity contribution in [1.29, 1.82) is 0 Å². The van der Waals surface area contributed by atoms with Gasteiger partial charge in [0.15, 0.2) is 0 Å². The van der Waals surface area contributed by atoms with Crippen LogP contribution in [0.5, 0.6) is 11.5 Å². The lowest BCUT2D eigenvalue weighted by molar-refractivity contribution is -0.385. The molecule has 5 heteroatoms. The van der Waals surface area contributed by atoms with Gasteiger partial charge in [-0.05, 0) is 42.7 Å². The van der Waals surface area contributed by atoms with Crippen molar-refractivity contribution in [3.63, 3.8) is 0 Å². The summed E-state index contributed by atoms with van der Waals surface area (Å²) in [5.74, 6) is 0.785. The molecule has 0 heterocycles. The zero-order valence-electron chi connectivity index (χ0n) is 12.1. The fourth-order valence-corrected chi connectivity index (χ4v) is 2.03. The summed E-state index contributed by atoms with van der Waals surface area (Å²) in [6.45, 7) is 3.86. The quantitative estimate of drug-likeness (QED) is 0.662. The van der Waals surface area contributed by atoms with E-state index in [-0.39, 0.29) is 17.5 Å². The highest BCUT2D eigenvalue weighted by molar-refractivity contribution is 5.50. The number of nitrogens with zero attached hydrogens (tertiary/aromatic N) is 1. The van der Waals surface area contributed by atoms with Gasteiger partial charge in [-0.2, -0.15) is 0 Å². The average Bonchev–Trinajstić information content (AvgIpc) is 2.46. The van der Waals surface area contributed by atoms with E-state index in [1.165, 1.54) is 6.07 Å². The molecular formula is C16H18N2O3. The number of ether oxygens (including phenoxy) is 1.